The maximum Gasteiger partial charge on any atom is 0.251 e. The molecule has 0 bridgehead atoms. The summed E-state index contributed by atoms with van der Waals surface area (Å²) in [5.74, 6) is 21.0. The van der Waals surface area contributed by atoms with Crippen LogP contribution in [0.15, 0.2) is 69.7 Å². The van der Waals surface area contributed by atoms with Crippen molar-refractivity contribution < 1.29 is 53.4 Å². The molecule has 0 spiro atoms. The number of hydrogen-bond acceptors (Lipinski definition) is 15. The van der Waals surface area contributed by atoms with Crippen LogP contribution in [0.25, 0.3) is 0 Å². The Morgan fingerprint density at radius 3 is 1.51 bits per heavy atom. The monoisotopic (exact) mass is 890 g/mol. The Balaban J connectivity index is 0.000000388. The van der Waals surface area contributed by atoms with Crippen molar-refractivity contribution in [1.29, 1.82) is 0 Å². The number of benzene rings is 2. The second-order valence-corrected chi connectivity index (χ2v) is 15.1. The molecule has 0 fully saturated rings. The second-order valence-electron chi connectivity index (χ2n) is 15.1. The van der Waals surface area contributed by atoms with Gasteiger partial charge in [0.25, 0.3) is 11.8 Å². The number of nitrogens with two attached hydrogens (primary N) is 1. The molecular weight excluding hydrogens is 837 g/mol. The lowest BCUT2D eigenvalue weighted by molar-refractivity contribution is -0.125. The summed E-state index contributed by atoms with van der Waals surface area (Å²) >= 11 is 0. The number of aryl methyl sites for hydroxylation is 2. The third-order valence-corrected chi connectivity index (χ3v) is 8.62. The summed E-state index contributed by atoms with van der Waals surface area (Å²) in [4.78, 5) is 59.1. The first-order valence-corrected chi connectivity index (χ1v) is 20.0. The number of Topliss-reactive ketones (excluding diaryl/α,β-unsaturated/α-hetero) is 2. The fourth-order valence-electron chi connectivity index (χ4n) is 5.26. The fourth-order valence-corrected chi connectivity index (χ4v) is 5.26. The molecule has 0 aliphatic carbocycles. The molecule has 17 nitrogen and oxygen atoms in total. The molecule has 4 aromatic rings. The van der Waals surface area contributed by atoms with Crippen LogP contribution in [0.1, 0.15) is 100 Å². The lowest BCUT2D eigenvalue weighted by Crippen LogP contribution is -2.61. The van der Waals surface area contributed by atoms with Crippen LogP contribution in [0.4, 0.5) is 0 Å². The van der Waals surface area contributed by atoms with Gasteiger partial charge < -0.3 is 51.2 Å². The highest BCUT2D eigenvalue weighted by Gasteiger charge is 2.36. The van der Waals surface area contributed by atoms with E-state index in [-0.39, 0.29) is 13.2 Å². The standard InChI is InChI=1S/C24H27N3O5.C19H22N2O4.C5H5NO2/c1-17-14-20(27-32-17)15-25-24(2,3)22(21(30)16-29)26-23(31)19-11-9-18(10-12-19)8-6-4-5-7-13-28;1-19(2,20)17(16(24)13-23)21-18(25)15-10-8-14(9-11-15)7-5-3-4-6-12-22;1-4-2-5(3-7)6-8-4/h9-12,14,22,25,28-29H,7,13,15-16H2,1-3H3,(H,26,31);8-11,17,22-23H,6,12-13,20H2,1-2H3,(H,21,25);2-3H,1H3/t22-;17-;/m11./s1. The predicted molar refractivity (Wildman–Crippen MR) is 239 cm³/mol. The van der Waals surface area contributed by atoms with Gasteiger partial charge in [0.1, 0.15) is 42.5 Å². The van der Waals surface area contributed by atoms with Crippen molar-refractivity contribution in [3.8, 4) is 47.4 Å². The molecule has 0 unspecified atom stereocenters. The Morgan fingerprint density at radius 1 is 0.692 bits per heavy atom. The molecule has 0 aliphatic rings. The highest BCUT2D eigenvalue weighted by molar-refractivity contribution is 5.99. The molecule has 2 amide bonds. The van der Waals surface area contributed by atoms with Crippen LogP contribution in [0.3, 0.4) is 0 Å². The maximum atomic E-state index is 12.8. The van der Waals surface area contributed by atoms with Crippen molar-refractivity contribution in [3.63, 3.8) is 0 Å². The highest BCUT2D eigenvalue weighted by atomic mass is 16.5. The molecule has 9 N–H and O–H groups in total. The summed E-state index contributed by atoms with van der Waals surface area (Å²) in [6.45, 7) is 9.14. The normalized spacial score (nSPS) is 11.2. The van der Waals surface area contributed by atoms with Crippen molar-refractivity contribution in [2.75, 3.05) is 26.4 Å². The van der Waals surface area contributed by atoms with Crippen LogP contribution in [0.5, 0.6) is 0 Å². The smallest absolute Gasteiger partial charge is 0.251 e. The number of nitrogens with one attached hydrogen (secondary N) is 3. The summed E-state index contributed by atoms with van der Waals surface area (Å²) < 4.78 is 9.61. The van der Waals surface area contributed by atoms with Gasteiger partial charge in [0.05, 0.1) is 18.9 Å². The minimum absolute atomic E-state index is 0.00211. The lowest BCUT2D eigenvalue weighted by Gasteiger charge is -2.34. The zero-order chi connectivity index (χ0) is 48.4. The third-order valence-electron chi connectivity index (χ3n) is 8.62. The maximum absolute atomic E-state index is 12.8. The molecular formula is C48H54N6O11. The Labute approximate surface area is 377 Å². The largest absolute Gasteiger partial charge is 0.395 e. The van der Waals surface area contributed by atoms with E-state index in [2.05, 4.69) is 78.2 Å². The number of nitrogens with zero attached hydrogens (tertiary/aromatic N) is 2. The van der Waals surface area contributed by atoms with Crippen molar-refractivity contribution in [1.82, 2.24) is 26.3 Å². The molecule has 0 saturated heterocycles. The van der Waals surface area contributed by atoms with Gasteiger partial charge in [-0.3, -0.25) is 24.0 Å². The number of aldehydes is 1. The number of carbonyl (C=O) groups excluding carboxylic acids is 5. The van der Waals surface area contributed by atoms with E-state index in [0.717, 1.165) is 0 Å². The SMILES string of the molecule is CC(C)(N)[C@H](NC(=O)c1ccc(C#CC#CCCO)cc1)C(=O)CO.Cc1cc(C=O)no1.Cc1cc(CNC(C)(C)[C@H](NC(=O)c2ccc(C#CC#CCCO)cc2)C(=O)CO)no1. The van der Waals surface area contributed by atoms with E-state index in [4.69, 9.17) is 25.6 Å². The molecule has 2 aromatic carbocycles. The van der Waals surface area contributed by atoms with Crippen LogP contribution in [0.2, 0.25) is 0 Å². The summed E-state index contributed by atoms with van der Waals surface area (Å²) in [7, 11) is 0. The first-order chi connectivity index (χ1) is 30.9. The number of hydrogen-bond donors (Lipinski definition) is 8. The molecule has 2 atom stereocenters. The van der Waals surface area contributed by atoms with E-state index in [1.54, 1.807) is 102 Å². The van der Waals surface area contributed by atoms with E-state index >= 15 is 0 Å². The van der Waals surface area contributed by atoms with Crippen molar-refractivity contribution in [2.45, 2.75) is 84.1 Å². The van der Waals surface area contributed by atoms with Gasteiger partial charge in [-0.2, -0.15) is 0 Å². The number of aliphatic hydroxyl groups is 4. The second kappa shape index (κ2) is 27.8. The summed E-state index contributed by atoms with van der Waals surface area (Å²) in [5, 5.41) is 51.5. The minimum Gasteiger partial charge on any atom is -0.395 e. The Kier molecular flexibility index (Phi) is 23.1. The molecule has 2 aromatic heterocycles. The van der Waals surface area contributed by atoms with Crippen LogP contribution < -0.4 is 21.7 Å². The van der Waals surface area contributed by atoms with Gasteiger partial charge in [-0.15, -0.1) is 0 Å². The molecule has 17 heteroatoms. The molecule has 2 heterocycles. The van der Waals surface area contributed by atoms with Gasteiger partial charge in [-0.1, -0.05) is 34.0 Å². The molecule has 4 rings (SSSR count). The Hall–Kier alpha value is -7.19. The quantitative estimate of drug-likeness (QED) is 0.0586. The van der Waals surface area contributed by atoms with Crippen molar-refractivity contribution in [3.05, 3.63) is 106 Å². The van der Waals surface area contributed by atoms with E-state index in [1.807, 2.05) is 0 Å². The van der Waals surface area contributed by atoms with Crippen molar-refractivity contribution in [2.24, 2.45) is 5.73 Å². The minimum atomic E-state index is -1.01. The predicted octanol–water partition coefficient (Wildman–Crippen LogP) is 1.57. The third kappa shape index (κ3) is 19.8. The zero-order valence-electron chi connectivity index (χ0n) is 37.1. The highest BCUT2D eigenvalue weighted by Crippen LogP contribution is 2.15. The first-order valence-electron chi connectivity index (χ1n) is 20.0. The fraction of sp³-hybridized carbons (Fsp3) is 0.354. The van der Waals surface area contributed by atoms with Gasteiger partial charge >= 0.3 is 0 Å². The van der Waals surface area contributed by atoms with Gasteiger partial charge in [0.15, 0.2) is 17.9 Å². The molecule has 65 heavy (non-hydrogen) atoms. The van der Waals surface area contributed by atoms with Gasteiger partial charge in [-0.05, 0) is 114 Å². The Bertz CT molecular complexity index is 2450. The van der Waals surface area contributed by atoms with Crippen LogP contribution in [-0.4, -0.2) is 110 Å². The van der Waals surface area contributed by atoms with E-state index in [1.165, 1.54) is 0 Å². The first kappa shape index (κ1) is 53.9. The number of carbonyl (C=O) groups is 5. The average molecular weight is 891 g/mol. The average Bonchev–Trinajstić information content (AvgIpc) is 3.93. The molecule has 342 valence electrons. The molecule has 0 saturated carbocycles. The zero-order valence-corrected chi connectivity index (χ0v) is 37.1. The lowest BCUT2D eigenvalue weighted by atomic mass is 9.90. The van der Waals surface area contributed by atoms with Gasteiger partial charge in [0.2, 0.25) is 0 Å². The number of aliphatic hydroxyl groups excluding tert-OH is 4. The molecule has 0 aliphatic heterocycles. The number of amides is 2. The van der Waals surface area contributed by atoms with E-state index in [9.17, 15) is 29.1 Å². The Morgan fingerprint density at radius 2 is 1.14 bits per heavy atom. The van der Waals surface area contributed by atoms with E-state index < -0.39 is 59.8 Å². The van der Waals surface area contributed by atoms with Gasteiger partial charge in [-0.25, -0.2) is 0 Å². The van der Waals surface area contributed by atoms with Crippen LogP contribution in [0, 0.1) is 61.2 Å². The van der Waals surface area contributed by atoms with Crippen LogP contribution >= 0.6 is 0 Å². The summed E-state index contributed by atoms with van der Waals surface area (Å²) in [6.07, 6.45) is 1.39. The number of ketones is 2. The molecule has 0 radical (unpaired) electrons. The summed E-state index contributed by atoms with van der Waals surface area (Å²) in [5.41, 5.74) is 7.08. The van der Waals surface area contributed by atoms with Crippen molar-refractivity contribution >= 4 is 29.7 Å². The number of rotatable bonds is 16. The van der Waals surface area contributed by atoms with Gasteiger partial charge in [0, 0.05) is 64.9 Å². The van der Waals surface area contributed by atoms with E-state index in [0.29, 0.717) is 70.8 Å². The van der Waals surface area contributed by atoms with Crippen LogP contribution in [-0.2, 0) is 16.1 Å². The summed E-state index contributed by atoms with van der Waals surface area (Å²) in [6, 6.07) is 14.4. The number of aromatic nitrogens is 2. The topological polar surface area (TPSA) is 280 Å².